The van der Waals surface area contributed by atoms with Crippen LogP contribution in [-0.2, 0) is 13.0 Å². The van der Waals surface area contributed by atoms with E-state index in [0.717, 1.165) is 42.4 Å². The van der Waals surface area contributed by atoms with Crippen molar-refractivity contribution in [2.24, 2.45) is 0 Å². The average molecular weight is 394 g/mol. The lowest BCUT2D eigenvalue weighted by atomic mass is 9.97. The summed E-state index contributed by atoms with van der Waals surface area (Å²) in [5.74, 6) is 2.37. The molecular formula is C23H28N3O3+. The van der Waals surface area contributed by atoms with Gasteiger partial charge in [0.15, 0.2) is 17.3 Å². The number of benzene rings is 2. The van der Waals surface area contributed by atoms with Gasteiger partial charge in [0.2, 0.25) is 0 Å². The summed E-state index contributed by atoms with van der Waals surface area (Å²) in [4.78, 5) is 21.6. The molecule has 0 fully saturated rings. The first kappa shape index (κ1) is 19.5. The third-order valence-electron chi connectivity index (χ3n) is 5.65. The van der Waals surface area contributed by atoms with Gasteiger partial charge in [0, 0.05) is 12.0 Å². The molecule has 152 valence electrons. The lowest BCUT2D eigenvalue weighted by Crippen LogP contribution is -3.11. The van der Waals surface area contributed by atoms with Gasteiger partial charge in [-0.2, -0.15) is 0 Å². The topological polar surface area (TPSA) is 68.7 Å². The Balaban J connectivity index is 1.62. The SMILES string of the molecule is CCOc1cc2c(cc1OCC)C[NH+]([C@@H](C)c1nc3ccccc3c(=O)[nH]1)CC2. The average Bonchev–Trinajstić information content (AvgIpc) is 2.73. The number of para-hydroxylation sites is 1. The Bertz CT molecular complexity index is 1080. The molecule has 1 aliphatic rings. The van der Waals surface area contributed by atoms with Crippen LogP contribution in [0.4, 0.5) is 0 Å². The largest absolute Gasteiger partial charge is 0.490 e. The molecule has 1 aliphatic heterocycles. The van der Waals surface area contributed by atoms with Crippen LogP contribution in [0.25, 0.3) is 10.9 Å². The van der Waals surface area contributed by atoms with E-state index in [4.69, 9.17) is 14.5 Å². The van der Waals surface area contributed by atoms with Crippen LogP contribution in [0.1, 0.15) is 43.8 Å². The van der Waals surface area contributed by atoms with Crippen molar-refractivity contribution in [2.45, 2.75) is 39.8 Å². The molecule has 0 aliphatic carbocycles. The second-order valence-electron chi connectivity index (χ2n) is 7.46. The maximum absolute atomic E-state index is 12.5. The Morgan fingerprint density at radius 3 is 2.52 bits per heavy atom. The van der Waals surface area contributed by atoms with Gasteiger partial charge in [-0.15, -0.1) is 0 Å². The molecule has 2 heterocycles. The molecule has 2 N–H and O–H groups in total. The minimum Gasteiger partial charge on any atom is -0.490 e. The molecule has 0 saturated heterocycles. The number of aromatic amines is 1. The monoisotopic (exact) mass is 394 g/mol. The Morgan fingerprint density at radius 1 is 1.10 bits per heavy atom. The van der Waals surface area contributed by atoms with Crippen LogP contribution < -0.4 is 19.9 Å². The molecule has 2 aromatic carbocycles. The highest BCUT2D eigenvalue weighted by Crippen LogP contribution is 2.32. The second kappa shape index (κ2) is 8.25. The predicted octanol–water partition coefficient (Wildman–Crippen LogP) is 2.42. The Hall–Kier alpha value is -2.86. The van der Waals surface area contributed by atoms with Crippen LogP contribution >= 0.6 is 0 Å². The molecule has 0 saturated carbocycles. The van der Waals surface area contributed by atoms with Crippen molar-refractivity contribution in [3.05, 3.63) is 63.7 Å². The van der Waals surface area contributed by atoms with Crippen LogP contribution in [0.15, 0.2) is 41.2 Å². The minimum absolute atomic E-state index is 0.0748. The fourth-order valence-electron chi connectivity index (χ4n) is 4.08. The van der Waals surface area contributed by atoms with Crippen molar-refractivity contribution in [1.29, 1.82) is 0 Å². The van der Waals surface area contributed by atoms with Crippen LogP contribution in [0.5, 0.6) is 11.5 Å². The van der Waals surface area contributed by atoms with Crippen LogP contribution in [0.2, 0.25) is 0 Å². The third-order valence-corrected chi connectivity index (χ3v) is 5.65. The Kier molecular flexibility index (Phi) is 5.53. The molecular weight excluding hydrogens is 366 g/mol. The highest BCUT2D eigenvalue weighted by Gasteiger charge is 2.28. The molecule has 2 atom stereocenters. The first-order valence-electron chi connectivity index (χ1n) is 10.4. The quantitative estimate of drug-likeness (QED) is 0.674. The van der Waals surface area contributed by atoms with Crippen molar-refractivity contribution in [2.75, 3.05) is 19.8 Å². The number of hydrogen-bond acceptors (Lipinski definition) is 4. The van der Waals surface area contributed by atoms with Gasteiger partial charge in [0.05, 0.1) is 30.7 Å². The summed E-state index contributed by atoms with van der Waals surface area (Å²) in [6.07, 6.45) is 0.958. The van der Waals surface area contributed by atoms with Crippen molar-refractivity contribution in [3.63, 3.8) is 0 Å². The van der Waals surface area contributed by atoms with E-state index in [9.17, 15) is 4.79 Å². The number of hydrogen-bond donors (Lipinski definition) is 2. The van der Waals surface area contributed by atoms with E-state index < -0.39 is 0 Å². The van der Waals surface area contributed by atoms with Gasteiger partial charge in [-0.3, -0.25) is 4.79 Å². The lowest BCUT2D eigenvalue weighted by molar-refractivity contribution is -0.945. The maximum atomic E-state index is 12.5. The van der Waals surface area contributed by atoms with E-state index in [1.54, 1.807) is 0 Å². The Morgan fingerprint density at radius 2 is 1.79 bits per heavy atom. The standard InChI is InChI=1S/C23H27N3O3/c1-4-28-20-12-16-10-11-26(14-17(16)13-21(20)29-5-2)15(3)22-24-19-9-7-6-8-18(19)23(27)25-22/h6-9,12-13,15H,4-5,10-11,14H2,1-3H3,(H,24,25,27)/p+1/t15-/m0/s1. The van der Waals surface area contributed by atoms with Gasteiger partial charge in [0.25, 0.3) is 5.56 Å². The van der Waals surface area contributed by atoms with Crippen LogP contribution in [0, 0.1) is 0 Å². The van der Waals surface area contributed by atoms with Gasteiger partial charge in [-0.05, 0) is 50.6 Å². The normalized spacial score (nSPS) is 17.0. The van der Waals surface area contributed by atoms with Gasteiger partial charge >= 0.3 is 0 Å². The molecule has 0 bridgehead atoms. The van der Waals surface area contributed by atoms with Crippen molar-refractivity contribution < 1.29 is 14.4 Å². The van der Waals surface area contributed by atoms with Crippen LogP contribution in [0.3, 0.4) is 0 Å². The van der Waals surface area contributed by atoms with Crippen molar-refractivity contribution in [3.8, 4) is 11.5 Å². The number of rotatable bonds is 6. The zero-order chi connectivity index (χ0) is 20.4. The number of quaternary nitrogens is 1. The highest BCUT2D eigenvalue weighted by atomic mass is 16.5. The summed E-state index contributed by atoms with van der Waals surface area (Å²) >= 11 is 0. The number of aromatic nitrogens is 2. The minimum atomic E-state index is -0.0748. The van der Waals surface area contributed by atoms with Crippen LogP contribution in [-0.4, -0.2) is 29.7 Å². The molecule has 6 nitrogen and oxygen atoms in total. The smallest absolute Gasteiger partial charge is 0.258 e. The molecule has 1 unspecified atom stereocenters. The number of ether oxygens (including phenoxy) is 2. The maximum Gasteiger partial charge on any atom is 0.258 e. The first-order chi connectivity index (χ1) is 14.1. The van der Waals surface area contributed by atoms with E-state index in [1.807, 2.05) is 38.1 Å². The third kappa shape index (κ3) is 3.85. The fourth-order valence-corrected chi connectivity index (χ4v) is 4.08. The number of nitrogens with one attached hydrogen (secondary N) is 2. The highest BCUT2D eigenvalue weighted by molar-refractivity contribution is 5.77. The second-order valence-corrected chi connectivity index (χ2v) is 7.46. The molecule has 3 aromatic rings. The summed E-state index contributed by atoms with van der Waals surface area (Å²) < 4.78 is 11.6. The van der Waals surface area contributed by atoms with E-state index in [1.165, 1.54) is 16.0 Å². The predicted molar refractivity (Wildman–Crippen MR) is 113 cm³/mol. The van der Waals surface area contributed by atoms with E-state index in [-0.39, 0.29) is 11.6 Å². The van der Waals surface area contributed by atoms with Crippen molar-refractivity contribution >= 4 is 10.9 Å². The summed E-state index contributed by atoms with van der Waals surface area (Å²) in [6.45, 7) is 9.16. The van der Waals surface area contributed by atoms with E-state index in [0.29, 0.717) is 18.6 Å². The summed E-state index contributed by atoms with van der Waals surface area (Å²) in [5, 5.41) is 0.632. The van der Waals surface area contributed by atoms with Crippen molar-refractivity contribution in [1.82, 2.24) is 9.97 Å². The van der Waals surface area contributed by atoms with Gasteiger partial charge in [-0.25, -0.2) is 4.98 Å². The lowest BCUT2D eigenvalue weighted by Gasteiger charge is -2.31. The number of H-pyrrole nitrogens is 1. The molecule has 6 heteroatoms. The molecule has 29 heavy (non-hydrogen) atoms. The van der Waals surface area contributed by atoms with Gasteiger partial charge in [-0.1, -0.05) is 12.1 Å². The molecule has 0 spiro atoms. The summed E-state index contributed by atoms with van der Waals surface area (Å²) in [6, 6.07) is 11.8. The fraction of sp³-hybridized carbons (Fsp3) is 0.391. The summed E-state index contributed by atoms with van der Waals surface area (Å²) in [5.41, 5.74) is 3.25. The Labute approximate surface area is 170 Å². The van der Waals surface area contributed by atoms with E-state index in [2.05, 4.69) is 24.0 Å². The molecule has 1 aromatic heterocycles. The van der Waals surface area contributed by atoms with E-state index >= 15 is 0 Å². The van der Waals surface area contributed by atoms with Gasteiger partial charge < -0.3 is 19.4 Å². The first-order valence-corrected chi connectivity index (χ1v) is 10.4. The summed E-state index contributed by atoms with van der Waals surface area (Å²) in [7, 11) is 0. The zero-order valence-corrected chi connectivity index (χ0v) is 17.2. The molecule has 0 amide bonds. The molecule has 4 rings (SSSR count). The van der Waals surface area contributed by atoms with Gasteiger partial charge in [0.1, 0.15) is 12.6 Å². The number of fused-ring (bicyclic) bond motifs is 2. The number of nitrogens with zero attached hydrogens (tertiary/aromatic N) is 1. The zero-order valence-electron chi connectivity index (χ0n) is 17.2. The molecule has 0 radical (unpaired) electrons.